The van der Waals surface area contributed by atoms with Crippen molar-refractivity contribution in [2.24, 2.45) is 0 Å². The number of hydrogen-bond donors (Lipinski definition) is 0. The average Bonchev–Trinajstić information content (AvgIpc) is 3.37. The summed E-state index contributed by atoms with van der Waals surface area (Å²) in [7, 11) is 0. The summed E-state index contributed by atoms with van der Waals surface area (Å²) in [6, 6.07) is 85.9. The monoisotopic (exact) mass is 820 g/mol. The van der Waals surface area contributed by atoms with E-state index in [-0.39, 0.29) is 0 Å². The van der Waals surface area contributed by atoms with Crippen LogP contribution in [0.4, 0.5) is 34.1 Å². The van der Waals surface area contributed by atoms with Gasteiger partial charge in [-0.15, -0.1) is 0 Å². The van der Waals surface area contributed by atoms with Gasteiger partial charge in [0.2, 0.25) is 0 Å². The highest BCUT2D eigenvalue weighted by atomic mass is 16.5. The van der Waals surface area contributed by atoms with Gasteiger partial charge in [0, 0.05) is 17.1 Å². The Morgan fingerprint density at radius 3 is 1.14 bits per heavy atom. The molecule has 0 fully saturated rings. The molecule has 0 spiro atoms. The highest BCUT2D eigenvalue weighted by molar-refractivity contribution is 5.94. The number of nitrogens with zero attached hydrogens (tertiary/aromatic N) is 2. The minimum atomic E-state index is 0.774. The average molecular weight is 821 g/mol. The molecule has 0 amide bonds. The van der Waals surface area contributed by atoms with Crippen LogP contribution in [0.5, 0.6) is 23.0 Å². The molecule has 10 aromatic carbocycles. The zero-order valence-electron chi connectivity index (χ0n) is 34.8. The van der Waals surface area contributed by atoms with Crippen molar-refractivity contribution in [2.45, 2.75) is 0 Å². The molecule has 2 aliphatic heterocycles. The van der Waals surface area contributed by atoms with E-state index in [0.29, 0.717) is 0 Å². The van der Waals surface area contributed by atoms with Crippen LogP contribution < -0.4 is 19.3 Å². The molecule has 0 saturated heterocycles. The number of anilines is 6. The van der Waals surface area contributed by atoms with Crippen LogP contribution in [0, 0.1) is 0 Å². The quantitative estimate of drug-likeness (QED) is 0.152. The first kappa shape index (κ1) is 37.2. The molecule has 302 valence electrons. The summed E-state index contributed by atoms with van der Waals surface area (Å²) in [6.07, 6.45) is 0. The van der Waals surface area contributed by atoms with Crippen molar-refractivity contribution in [1.29, 1.82) is 0 Å². The Balaban J connectivity index is 0.861. The van der Waals surface area contributed by atoms with Crippen LogP contribution in [0.15, 0.2) is 243 Å². The van der Waals surface area contributed by atoms with E-state index in [4.69, 9.17) is 9.47 Å². The second-order valence-corrected chi connectivity index (χ2v) is 16.2. The predicted octanol–water partition coefficient (Wildman–Crippen LogP) is 17.2. The molecule has 0 N–H and O–H groups in total. The predicted molar refractivity (Wildman–Crippen MR) is 263 cm³/mol. The van der Waals surface area contributed by atoms with E-state index in [9.17, 15) is 0 Å². The molecular weight excluding hydrogens is 781 g/mol. The van der Waals surface area contributed by atoms with Crippen molar-refractivity contribution in [1.82, 2.24) is 0 Å². The third-order valence-corrected chi connectivity index (χ3v) is 12.2. The van der Waals surface area contributed by atoms with E-state index in [1.165, 1.54) is 33.4 Å². The first-order valence-electron chi connectivity index (χ1n) is 21.6. The first-order chi connectivity index (χ1) is 31.7. The molecule has 0 unspecified atom stereocenters. The zero-order chi connectivity index (χ0) is 42.4. The van der Waals surface area contributed by atoms with Crippen LogP contribution in [-0.4, -0.2) is 0 Å². The number of ether oxygens (including phenoxy) is 2. The molecule has 2 aliphatic rings. The van der Waals surface area contributed by atoms with Gasteiger partial charge in [0.25, 0.3) is 0 Å². The first-order valence-corrected chi connectivity index (χ1v) is 21.6. The third-order valence-electron chi connectivity index (χ3n) is 12.2. The second kappa shape index (κ2) is 15.7. The number of benzene rings is 10. The van der Waals surface area contributed by atoms with E-state index in [0.717, 1.165) is 79.4 Å². The summed E-state index contributed by atoms with van der Waals surface area (Å²) in [4.78, 5) is 4.59. The third kappa shape index (κ3) is 6.75. The maximum absolute atomic E-state index is 6.58. The normalized spacial score (nSPS) is 12.0. The van der Waals surface area contributed by atoms with Crippen molar-refractivity contribution < 1.29 is 9.47 Å². The maximum Gasteiger partial charge on any atom is 0.155 e. The Morgan fingerprint density at radius 1 is 0.250 bits per heavy atom. The number of para-hydroxylation sites is 3. The van der Waals surface area contributed by atoms with Crippen LogP contribution in [0.25, 0.3) is 55.6 Å². The Kier molecular flexibility index (Phi) is 9.12. The van der Waals surface area contributed by atoms with Gasteiger partial charge in [-0.05, 0) is 141 Å². The summed E-state index contributed by atoms with van der Waals surface area (Å²) in [6.45, 7) is 0. The number of rotatable bonds is 8. The molecule has 64 heavy (non-hydrogen) atoms. The van der Waals surface area contributed by atoms with Crippen LogP contribution in [0.2, 0.25) is 0 Å². The van der Waals surface area contributed by atoms with Gasteiger partial charge in [0.05, 0.1) is 11.4 Å². The van der Waals surface area contributed by atoms with Crippen LogP contribution in [0.1, 0.15) is 0 Å². The highest BCUT2D eigenvalue weighted by Gasteiger charge is 2.34. The smallest absolute Gasteiger partial charge is 0.155 e. The summed E-state index contributed by atoms with van der Waals surface area (Å²) in [5.74, 6) is 3.19. The molecule has 12 rings (SSSR count). The van der Waals surface area contributed by atoms with Gasteiger partial charge < -0.3 is 14.4 Å². The van der Waals surface area contributed by atoms with Crippen LogP contribution in [-0.2, 0) is 0 Å². The molecule has 10 aromatic rings. The molecule has 0 radical (unpaired) electrons. The van der Waals surface area contributed by atoms with Crippen LogP contribution in [0.3, 0.4) is 0 Å². The van der Waals surface area contributed by atoms with E-state index < -0.39 is 0 Å². The Morgan fingerprint density at radius 2 is 0.594 bits per heavy atom. The molecular formula is C60H40N2O2. The van der Waals surface area contributed by atoms with Crippen molar-refractivity contribution in [3.63, 3.8) is 0 Å². The van der Waals surface area contributed by atoms with Gasteiger partial charge in [0.1, 0.15) is 5.69 Å². The van der Waals surface area contributed by atoms with E-state index in [1.807, 2.05) is 36.4 Å². The number of hydrogen-bond acceptors (Lipinski definition) is 4. The van der Waals surface area contributed by atoms with Gasteiger partial charge in [0.15, 0.2) is 23.0 Å². The summed E-state index contributed by atoms with van der Waals surface area (Å²) < 4.78 is 12.9. The lowest BCUT2D eigenvalue weighted by Crippen LogP contribution is -2.20. The fourth-order valence-corrected chi connectivity index (χ4v) is 9.06. The summed E-state index contributed by atoms with van der Waals surface area (Å²) >= 11 is 0. The minimum Gasteiger partial charge on any atom is -0.453 e. The van der Waals surface area contributed by atoms with Gasteiger partial charge >= 0.3 is 0 Å². The van der Waals surface area contributed by atoms with Gasteiger partial charge in [-0.25, -0.2) is 0 Å². The fraction of sp³-hybridized carbons (Fsp3) is 0. The molecule has 0 saturated carbocycles. The lowest BCUT2D eigenvalue weighted by atomic mass is 9.97. The van der Waals surface area contributed by atoms with E-state index in [1.54, 1.807) is 0 Å². The molecule has 4 nitrogen and oxygen atoms in total. The molecule has 4 heteroatoms. The largest absolute Gasteiger partial charge is 0.453 e. The molecule has 0 aliphatic carbocycles. The SMILES string of the molecule is c1ccc(-c2ccc(N(c3ccc(-c4cccc(-c5ccccc5)c4)cc3)c3ccc(-c4cccc(-c5ccc6c(c5)Oc5cccc7c5N6c5ccccc5O7)c4)cc3)cc2)cc1. The van der Waals surface area contributed by atoms with Crippen molar-refractivity contribution >= 4 is 34.1 Å². The second-order valence-electron chi connectivity index (χ2n) is 16.2. The van der Waals surface area contributed by atoms with E-state index in [2.05, 4.69) is 216 Å². The Labute approximate surface area is 373 Å². The molecule has 0 atom stereocenters. The number of fused-ring (bicyclic) bond motifs is 4. The van der Waals surface area contributed by atoms with Crippen molar-refractivity contribution in [3.05, 3.63) is 243 Å². The highest BCUT2D eigenvalue weighted by Crippen LogP contribution is 2.59. The standard InChI is InChI=1S/C60H40N2O2/c1-3-12-41(13-4-1)43-24-31-51(32-25-43)61(52-33-26-44(27-34-52)47-17-9-16-46(38-47)42-14-5-2-6-15-42)53-35-28-45(29-36-53)48-18-10-19-49(39-48)50-30-37-55-59(40-50)64-58-23-11-22-57-60(58)62(55)54-20-7-8-21-56(54)63-57/h1-40H. The molecule has 0 bridgehead atoms. The molecule has 2 heterocycles. The van der Waals surface area contributed by atoms with Crippen molar-refractivity contribution in [2.75, 3.05) is 9.80 Å². The maximum atomic E-state index is 6.58. The van der Waals surface area contributed by atoms with Gasteiger partial charge in [-0.3, -0.25) is 4.90 Å². The lowest BCUT2D eigenvalue weighted by Gasteiger charge is -2.37. The zero-order valence-corrected chi connectivity index (χ0v) is 34.8. The van der Waals surface area contributed by atoms with Crippen LogP contribution >= 0.6 is 0 Å². The lowest BCUT2D eigenvalue weighted by molar-refractivity contribution is 0.446. The Hall–Kier alpha value is -8.60. The summed E-state index contributed by atoms with van der Waals surface area (Å²) in [5.41, 5.74) is 17.8. The van der Waals surface area contributed by atoms with Crippen molar-refractivity contribution in [3.8, 4) is 78.6 Å². The molecule has 0 aromatic heterocycles. The van der Waals surface area contributed by atoms with E-state index >= 15 is 0 Å². The Bertz CT molecular complexity index is 3310. The van der Waals surface area contributed by atoms with Gasteiger partial charge in [-0.2, -0.15) is 0 Å². The summed E-state index contributed by atoms with van der Waals surface area (Å²) in [5, 5.41) is 0. The van der Waals surface area contributed by atoms with Gasteiger partial charge in [-0.1, -0.05) is 158 Å². The minimum absolute atomic E-state index is 0.774. The fourth-order valence-electron chi connectivity index (χ4n) is 9.06. The topological polar surface area (TPSA) is 24.9 Å².